The molecule has 28 heavy (non-hydrogen) atoms. The first-order valence-electron chi connectivity index (χ1n) is 9.02. The molecule has 0 aliphatic carbocycles. The SMILES string of the molecule is COC(=O)C(Cc1ccccc1)N1C(=O)c2ccccc2NC1c1ccco1. The van der Waals surface area contributed by atoms with Gasteiger partial charge < -0.3 is 14.5 Å². The minimum Gasteiger partial charge on any atom is -0.467 e. The second kappa shape index (κ2) is 7.60. The quantitative estimate of drug-likeness (QED) is 0.689. The lowest BCUT2D eigenvalue weighted by molar-refractivity contribution is -0.146. The van der Waals surface area contributed by atoms with Crippen molar-refractivity contribution in [1.82, 2.24) is 4.90 Å². The van der Waals surface area contributed by atoms with Crippen molar-refractivity contribution in [3.8, 4) is 0 Å². The predicted molar refractivity (Wildman–Crippen MR) is 104 cm³/mol. The zero-order valence-corrected chi connectivity index (χ0v) is 15.4. The first kappa shape index (κ1) is 17.9. The Morgan fingerprint density at radius 2 is 1.86 bits per heavy atom. The molecule has 0 fully saturated rings. The maximum Gasteiger partial charge on any atom is 0.329 e. The van der Waals surface area contributed by atoms with Gasteiger partial charge in [0.15, 0.2) is 6.17 Å². The van der Waals surface area contributed by atoms with Crippen LogP contribution in [0.15, 0.2) is 77.4 Å². The van der Waals surface area contributed by atoms with Gasteiger partial charge in [-0.3, -0.25) is 9.69 Å². The van der Waals surface area contributed by atoms with Crippen molar-refractivity contribution in [3.63, 3.8) is 0 Å². The Hall–Kier alpha value is -3.54. The van der Waals surface area contributed by atoms with Crippen LogP contribution in [-0.4, -0.2) is 29.9 Å². The Bertz CT molecular complexity index is 969. The second-order valence-electron chi connectivity index (χ2n) is 6.55. The van der Waals surface area contributed by atoms with Crippen molar-refractivity contribution in [3.05, 3.63) is 89.9 Å². The molecule has 2 aromatic carbocycles. The molecule has 142 valence electrons. The van der Waals surface area contributed by atoms with E-state index < -0.39 is 18.2 Å². The summed E-state index contributed by atoms with van der Waals surface area (Å²) < 4.78 is 10.6. The van der Waals surface area contributed by atoms with Crippen molar-refractivity contribution in [2.24, 2.45) is 0 Å². The van der Waals surface area contributed by atoms with E-state index in [-0.39, 0.29) is 5.91 Å². The van der Waals surface area contributed by atoms with Crippen LogP contribution in [0.25, 0.3) is 0 Å². The van der Waals surface area contributed by atoms with Crippen LogP contribution in [-0.2, 0) is 16.0 Å². The van der Waals surface area contributed by atoms with Gasteiger partial charge in [0.1, 0.15) is 11.8 Å². The van der Waals surface area contributed by atoms with Crippen molar-refractivity contribution in [2.75, 3.05) is 12.4 Å². The van der Waals surface area contributed by atoms with E-state index in [0.717, 1.165) is 5.56 Å². The number of furan rings is 1. The van der Waals surface area contributed by atoms with Crippen LogP contribution in [0.5, 0.6) is 0 Å². The first-order chi connectivity index (χ1) is 13.7. The molecule has 6 heteroatoms. The van der Waals surface area contributed by atoms with Crippen LogP contribution in [0.2, 0.25) is 0 Å². The molecular weight excluding hydrogens is 356 g/mol. The number of carbonyl (C=O) groups excluding carboxylic acids is 2. The average molecular weight is 376 g/mol. The van der Waals surface area contributed by atoms with E-state index in [1.165, 1.54) is 12.0 Å². The van der Waals surface area contributed by atoms with Gasteiger partial charge in [0.2, 0.25) is 0 Å². The summed E-state index contributed by atoms with van der Waals surface area (Å²) in [5.74, 6) is -0.179. The third-order valence-corrected chi connectivity index (χ3v) is 4.86. The number of methoxy groups -OCH3 is 1. The molecule has 0 saturated heterocycles. The molecule has 0 radical (unpaired) electrons. The van der Waals surface area contributed by atoms with Gasteiger partial charge in [-0.1, -0.05) is 42.5 Å². The van der Waals surface area contributed by atoms with Crippen molar-refractivity contribution in [2.45, 2.75) is 18.6 Å². The van der Waals surface area contributed by atoms with Crippen LogP contribution in [0.1, 0.15) is 27.8 Å². The normalized spacial score (nSPS) is 16.8. The summed E-state index contributed by atoms with van der Waals surface area (Å²) in [7, 11) is 1.33. The molecule has 3 aromatic rings. The number of carbonyl (C=O) groups is 2. The van der Waals surface area contributed by atoms with E-state index in [9.17, 15) is 9.59 Å². The zero-order valence-electron chi connectivity index (χ0n) is 15.4. The summed E-state index contributed by atoms with van der Waals surface area (Å²) in [4.78, 5) is 27.6. The molecule has 2 atom stereocenters. The van der Waals surface area contributed by atoms with E-state index >= 15 is 0 Å². The smallest absolute Gasteiger partial charge is 0.329 e. The Morgan fingerprint density at radius 3 is 2.57 bits per heavy atom. The van der Waals surface area contributed by atoms with E-state index in [1.807, 2.05) is 42.5 Å². The summed E-state index contributed by atoms with van der Waals surface area (Å²) in [5.41, 5.74) is 2.14. The van der Waals surface area contributed by atoms with E-state index in [4.69, 9.17) is 9.15 Å². The molecule has 1 N–H and O–H groups in total. The summed E-state index contributed by atoms with van der Waals surface area (Å²) in [6.45, 7) is 0. The van der Waals surface area contributed by atoms with Crippen LogP contribution in [0.4, 0.5) is 5.69 Å². The highest BCUT2D eigenvalue weighted by molar-refractivity contribution is 6.03. The number of rotatable bonds is 5. The lowest BCUT2D eigenvalue weighted by atomic mass is 9.99. The Morgan fingerprint density at radius 1 is 1.11 bits per heavy atom. The van der Waals surface area contributed by atoms with E-state index in [0.29, 0.717) is 23.4 Å². The number of para-hydroxylation sites is 1. The third-order valence-electron chi connectivity index (χ3n) is 4.86. The molecule has 1 aliphatic heterocycles. The zero-order chi connectivity index (χ0) is 19.5. The number of anilines is 1. The molecule has 2 heterocycles. The van der Waals surface area contributed by atoms with E-state index in [1.54, 1.807) is 30.5 Å². The summed E-state index contributed by atoms with van der Waals surface area (Å²) >= 11 is 0. The number of nitrogens with zero attached hydrogens (tertiary/aromatic N) is 1. The highest BCUT2D eigenvalue weighted by atomic mass is 16.5. The Labute approximate surface area is 162 Å². The number of hydrogen-bond acceptors (Lipinski definition) is 5. The number of ether oxygens (including phenoxy) is 1. The van der Waals surface area contributed by atoms with Gasteiger partial charge in [-0.05, 0) is 29.8 Å². The first-order valence-corrected chi connectivity index (χ1v) is 9.02. The van der Waals surface area contributed by atoms with Crippen molar-refractivity contribution >= 4 is 17.6 Å². The molecule has 0 spiro atoms. The minimum absolute atomic E-state index is 0.248. The number of esters is 1. The number of hydrogen-bond donors (Lipinski definition) is 1. The van der Waals surface area contributed by atoms with Crippen molar-refractivity contribution < 1.29 is 18.7 Å². The highest BCUT2D eigenvalue weighted by Crippen LogP contribution is 2.35. The molecule has 1 amide bonds. The van der Waals surface area contributed by atoms with Gasteiger partial charge in [-0.15, -0.1) is 0 Å². The summed E-state index contributed by atoms with van der Waals surface area (Å²) in [6, 6.07) is 19.5. The fourth-order valence-electron chi connectivity index (χ4n) is 3.51. The monoisotopic (exact) mass is 376 g/mol. The molecule has 2 unspecified atom stereocenters. The average Bonchev–Trinajstić information content (AvgIpc) is 3.27. The number of fused-ring (bicyclic) bond motifs is 1. The van der Waals surface area contributed by atoms with Crippen molar-refractivity contribution in [1.29, 1.82) is 0 Å². The Balaban J connectivity index is 1.79. The van der Waals surface area contributed by atoms with Crippen LogP contribution in [0, 0.1) is 0 Å². The highest BCUT2D eigenvalue weighted by Gasteiger charge is 2.42. The molecule has 4 rings (SSSR count). The second-order valence-corrected chi connectivity index (χ2v) is 6.55. The van der Waals surface area contributed by atoms with Gasteiger partial charge in [0.25, 0.3) is 5.91 Å². The standard InChI is InChI=1S/C22H20N2O4/c1-27-22(26)18(14-15-8-3-2-4-9-15)24-20(19-12-7-13-28-19)23-17-11-6-5-10-16(17)21(24)25/h2-13,18,20,23H,14H2,1H3. The van der Waals surface area contributed by atoms with Crippen LogP contribution < -0.4 is 5.32 Å². The third kappa shape index (κ3) is 3.24. The molecule has 1 aromatic heterocycles. The van der Waals surface area contributed by atoms with Gasteiger partial charge >= 0.3 is 5.97 Å². The predicted octanol–water partition coefficient (Wildman–Crippen LogP) is 3.63. The molecule has 1 aliphatic rings. The van der Waals surface area contributed by atoms with Gasteiger partial charge in [0, 0.05) is 12.1 Å². The number of nitrogens with one attached hydrogen (secondary N) is 1. The molecular formula is C22H20N2O4. The largest absolute Gasteiger partial charge is 0.467 e. The molecule has 0 bridgehead atoms. The fraction of sp³-hybridized carbons (Fsp3) is 0.182. The number of amides is 1. The van der Waals surface area contributed by atoms with Gasteiger partial charge in [0.05, 0.1) is 18.9 Å². The summed E-state index contributed by atoms with van der Waals surface area (Å²) in [6.07, 6.45) is 1.26. The lowest BCUT2D eigenvalue weighted by Gasteiger charge is -2.40. The lowest BCUT2D eigenvalue weighted by Crippen LogP contribution is -2.53. The molecule has 0 saturated carbocycles. The maximum atomic E-state index is 13.4. The molecule has 6 nitrogen and oxygen atoms in total. The van der Waals surface area contributed by atoms with E-state index in [2.05, 4.69) is 5.32 Å². The minimum atomic E-state index is -0.809. The maximum absolute atomic E-state index is 13.4. The Kier molecular flexibility index (Phi) is 4.85. The fourth-order valence-corrected chi connectivity index (χ4v) is 3.51. The van der Waals surface area contributed by atoms with Gasteiger partial charge in [-0.25, -0.2) is 4.79 Å². The topological polar surface area (TPSA) is 71.8 Å². The number of benzene rings is 2. The van der Waals surface area contributed by atoms with Crippen LogP contribution in [0.3, 0.4) is 0 Å². The summed E-state index contributed by atoms with van der Waals surface area (Å²) in [5, 5.41) is 3.33. The van der Waals surface area contributed by atoms with Crippen LogP contribution >= 0.6 is 0 Å². The van der Waals surface area contributed by atoms with Gasteiger partial charge in [-0.2, -0.15) is 0 Å².